The summed E-state index contributed by atoms with van der Waals surface area (Å²) in [5.74, 6) is -0.835. The van der Waals surface area contributed by atoms with Gasteiger partial charge in [-0.1, -0.05) is 17.7 Å². The van der Waals surface area contributed by atoms with Crippen LogP contribution in [0.15, 0.2) is 24.4 Å². The lowest BCUT2D eigenvalue weighted by Crippen LogP contribution is -2.00. The van der Waals surface area contributed by atoms with Gasteiger partial charge in [-0.05, 0) is 32.4 Å². The highest BCUT2D eigenvalue weighted by atomic mass is 16.4. The Morgan fingerprint density at radius 1 is 1.33 bits per heavy atom. The number of benzene rings is 1. The minimum absolute atomic E-state index is 0.0107. The molecule has 2 rings (SSSR count). The predicted molar refractivity (Wildman–Crippen MR) is 69.1 cm³/mol. The smallest absolute Gasteiger partial charge is 0.307 e. The van der Waals surface area contributed by atoms with Gasteiger partial charge in [0.15, 0.2) is 0 Å². The molecule has 0 aliphatic rings. The average Bonchev–Trinajstić information content (AvgIpc) is 2.59. The number of aliphatic carboxylic acids is 1. The Morgan fingerprint density at radius 3 is 2.67 bits per heavy atom. The number of carboxylic acids is 1. The molecular weight excluding hydrogens is 228 g/mol. The number of hydrogen-bond donors (Lipinski definition) is 1. The van der Waals surface area contributed by atoms with Crippen LogP contribution in [0.4, 0.5) is 0 Å². The molecular formula is C14H16N2O2. The first kappa shape index (κ1) is 12.4. The number of hydrogen-bond acceptors (Lipinski definition) is 2. The van der Waals surface area contributed by atoms with Gasteiger partial charge in [0, 0.05) is 11.8 Å². The van der Waals surface area contributed by atoms with Gasteiger partial charge in [0.25, 0.3) is 0 Å². The summed E-state index contributed by atoms with van der Waals surface area (Å²) in [6, 6.07) is 6.11. The van der Waals surface area contributed by atoms with E-state index in [1.807, 2.05) is 32.9 Å². The van der Waals surface area contributed by atoms with Crippen molar-refractivity contribution in [2.45, 2.75) is 27.2 Å². The second kappa shape index (κ2) is 4.64. The highest BCUT2D eigenvalue weighted by Gasteiger charge is 2.10. The van der Waals surface area contributed by atoms with Gasteiger partial charge >= 0.3 is 5.97 Å². The van der Waals surface area contributed by atoms with Gasteiger partial charge in [-0.15, -0.1) is 0 Å². The van der Waals surface area contributed by atoms with Crippen LogP contribution in [0, 0.1) is 20.8 Å². The van der Waals surface area contributed by atoms with Crippen molar-refractivity contribution < 1.29 is 9.90 Å². The lowest BCUT2D eigenvalue weighted by atomic mass is 10.1. The maximum Gasteiger partial charge on any atom is 0.307 e. The first-order valence-corrected chi connectivity index (χ1v) is 5.82. The van der Waals surface area contributed by atoms with Crippen LogP contribution in [-0.2, 0) is 11.2 Å². The van der Waals surface area contributed by atoms with Crippen molar-refractivity contribution in [1.29, 1.82) is 0 Å². The zero-order valence-electron chi connectivity index (χ0n) is 10.8. The predicted octanol–water partition coefficient (Wildman–Crippen LogP) is 2.42. The molecule has 0 aliphatic carbocycles. The Hall–Kier alpha value is -2.10. The van der Waals surface area contributed by atoms with Crippen molar-refractivity contribution in [1.82, 2.24) is 9.78 Å². The molecule has 0 unspecified atom stereocenters. The summed E-state index contributed by atoms with van der Waals surface area (Å²) in [6.07, 6.45) is 1.80. The Bertz CT molecular complexity index is 600. The van der Waals surface area contributed by atoms with Crippen LogP contribution in [0.5, 0.6) is 0 Å². The maximum atomic E-state index is 10.7. The van der Waals surface area contributed by atoms with E-state index >= 15 is 0 Å². The van der Waals surface area contributed by atoms with Crippen LogP contribution in [-0.4, -0.2) is 20.9 Å². The van der Waals surface area contributed by atoms with E-state index in [4.69, 9.17) is 5.11 Å². The van der Waals surface area contributed by atoms with Crippen LogP contribution in [0.25, 0.3) is 5.69 Å². The van der Waals surface area contributed by atoms with Gasteiger partial charge in [-0.2, -0.15) is 5.10 Å². The van der Waals surface area contributed by atoms with Gasteiger partial charge in [0.05, 0.1) is 17.8 Å². The van der Waals surface area contributed by atoms with E-state index in [0.29, 0.717) is 0 Å². The molecule has 0 saturated heterocycles. The largest absolute Gasteiger partial charge is 0.481 e. The summed E-state index contributed by atoms with van der Waals surface area (Å²) in [6.45, 7) is 5.90. The SMILES string of the molecule is Cc1ccc(-n2cc(CC(=O)O)c(C)n2)c(C)c1. The molecule has 0 bridgehead atoms. The van der Waals surface area contributed by atoms with Crippen LogP contribution < -0.4 is 0 Å². The van der Waals surface area contributed by atoms with E-state index in [1.165, 1.54) is 5.56 Å². The Labute approximate surface area is 106 Å². The summed E-state index contributed by atoms with van der Waals surface area (Å²) in [5, 5.41) is 13.2. The van der Waals surface area contributed by atoms with Gasteiger partial charge in [0.2, 0.25) is 0 Å². The standard InChI is InChI=1S/C14H16N2O2/c1-9-4-5-13(10(2)6-9)16-8-12(7-14(17)18)11(3)15-16/h4-6,8H,7H2,1-3H3,(H,17,18). The molecule has 0 saturated carbocycles. The molecule has 2 aromatic rings. The average molecular weight is 244 g/mol. The quantitative estimate of drug-likeness (QED) is 0.902. The first-order chi connectivity index (χ1) is 8.47. The molecule has 1 aromatic carbocycles. The fourth-order valence-electron chi connectivity index (χ4n) is 2.02. The lowest BCUT2D eigenvalue weighted by molar-refractivity contribution is -0.136. The number of rotatable bonds is 3. The third kappa shape index (κ3) is 2.42. The Balaban J connectivity index is 2.42. The molecule has 4 heteroatoms. The minimum Gasteiger partial charge on any atom is -0.481 e. The van der Waals surface area contributed by atoms with Gasteiger partial charge in [-0.3, -0.25) is 4.79 Å². The number of aromatic nitrogens is 2. The van der Waals surface area contributed by atoms with E-state index in [1.54, 1.807) is 10.9 Å². The van der Waals surface area contributed by atoms with Crippen molar-refractivity contribution in [3.8, 4) is 5.69 Å². The minimum atomic E-state index is -0.835. The molecule has 18 heavy (non-hydrogen) atoms. The van der Waals surface area contributed by atoms with E-state index in [-0.39, 0.29) is 6.42 Å². The van der Waals surface area contributed by atoms with Crippen molar-refractivity contribution in [3.05, 3.63) is 46.8 Å². The summed E-state index contributed by atoms with van der Waals surface area (Å²) in [7, 11) is 0. The van der Waals surface area contributed by atoms with E-state index in [0.717, 1.165) is 22.5 Å². The molecule has 1 heterocycles. The fraction of sp³-hybridized carbons (Fsp3) is 0.286. The normalized spacial score (nSPS) is 10.6. The van der Waals surface area contributed by atoms with Crippen molar-refractivity contribution in [3.63, 3.8) is 0 Å². The summed E-state index contributed by atoms with van der Waals surface area (Å²) in [5.41, 5.74) is 4.82. The fourth-order valence-corrected chi connectivity index (χ4v) is 2.02. The molecule has 4 nitrogen and oxygen atoms in total. The van der Waals surface area contributed by atoms with Crippen LogP contribution in [0.1, 0.15) is 22.4 Å². The summed E-state index contributed by atoms with van der Waals surface area (Å²) >= 11 is 0. The second-order valence-electron chi connectivity index (χ2n) is 4.54. The Morgan fingerprint density at radius 2 is 2.06 bits per heavy atom. The van der Waals surface area contributed by atoms with Crippen molar-refractivity contribution in [2.24, 2.45) is 0 Å². The zero-order valence-corrected chi connectivity index (χ0v) is 10.8. The lowest BCUT2D eigenvalue weighted by Gasteiger charge is -2.06. The molecule has 0 atom stereocenters. The molecule has 1 N–H and O–H groups in total. The van der Waals surface area contributed by atoms with E-state index in [2.05, 4.69) is 11.2 Å². The van der Waals surface area contributed by atoms with Gasteiger partial charge in [0.1, 0.15) is 0 Å². The third-order valence-electron chi connectivity index (χ3n) is 2.94. The van der Waals surface area contributed by atoms with Crippen LogP contribution in [0.2, 0.25) is 0 Å². The number of aryl methyl sites for hydroxylation is 3. The maximum absolute atomic E-state index is 10.7. The van der Waals surface area contributed by atoms with Crippen LogP contribution in [0.3, 0.4) is 0 Å². The second-order valence-corrected chi connectivity index (χ2v) is 4.54. The molecule has 94 valence electrons. The highest BCUT2D eigenvalue weighted by molar-refractivity contribution is 5.70. The monoisotopic (exact) mass is 244 g/mol. The van der Waals surface area contributed by atoms with Gasteiger partial charge < -0.3 is 5.11 Å². The van der Waals surface area contributed by atoms with E-state index < -0.39 is 5.97 Å². The zero-order chi connectivity index (χ0) is 13.3. The molecule has 0 fully saturated rings. The van der Waals surface area contributed by atoms with Gasteiger partial charge in [-0.25, -0.2) is 4.68 Å². The van der Waals surface area contributed by atoms with E-state index in [9.17, 15) is 4.79 Å². The first-order valence-electron chi connectivity index (χ1n) is 5.82. The van der Waals surface area contributed by atoms with Crippen LogP contribution >= 0.6 is 0 Å². The molecule has 1 aromatic heterocycles. The summed E-state index contributed by atoms with van der Waals surface area (Å²) in [4.78, 5) is 10.7. The molecule has 0 radical (unpaired) electrons. The third-order valence-corrected chi connectivity index (χ3v) is 2.94. The molecule has 0 amide bonds. The number of nitrogens with zero attached hydrogens (tertiary/aromatic N) is 2. The topological polar surface area (TPSA) is 55.1 Å². The van der Waals surface area contributed by atoms with Crippen molar-refractivity contribution >= 4 is 5.97 Å². The molecule has 0 aliphatic heterocycles. The number of carboxylic acid groups (broad SMARTS) is 1. The molecule has 0 spiro atoms. The summed E-state index contributed by atoms with van der Waals surface area (Å²) < 4.78 is 1.75. The number of carbonyl (C=O) groups is 1. The highest BCUT2D eigenvalue weighted by Crippen LogP contribution is 2.17. The van der Waals surface area contributed by atoms with Crippen molar-refractivity contribution in [2.75, 3.05) is 0 Å². The Kier molecular flexibility index (Phi) is 3.19.